The van der Waals surface area contributed by atoms with Gasteiger partial charge >= 0.3 is 0 Å². The smallest absolute Gasteiger partial charge is 0.0818 e. The Hall–Kier alpha value is -0.690. The van der Waals surface area contributed by atoms with Gasteiger partial charge in [0.05, 0.1) is 41.7 Å². The fraction of sp³-hybridized carbons (Fsp3) is 0.962. The number of hydrogen-bond donors (Lipinski definition) is 1. The van der Waals surface area contributed by atoms with Gasteiger partial charge in [-0.25, -0.2) is 0 Å². The second-order valence-electron chi connectivity index (χ2n) is 12.1. The van der Waals surface area contributed by atoms with Gasteiger partial charge in [0, 0.05) is 12.8 Å². The molecule has 0 rings (SSSR count). The fourth-order valence-electron chi connectivity index (χ4n) is 3.29. The molecule has 0 saturated heterocycles. The summed E-state index contributed by atoms with van der Waals surface area (Å²) in [7, 11) is 0. The van der Waals surface area contributed by atoms with Crippen LogP contribution < -0.4 is 0 Å². The molecule has 0 fully saturated rings. The number of nitrogens with zero attached hydrogens (tertiary/aromatic N) is 1. The summed E-state index contributed by atoms with van der Waals surface area (Å²) in [5.74, 6) is 0.528. The highest BCUT2D eigenvalue weighted by atomic mass is 16.6. The van der Waals surface area contributed by atoms with Gasteiger partial charge in [-0.2, -0.15) is 0 Å². The van der Waals surface area contributed by atoms with Crippen LogP contribution in [0.1, 0.15) is 108 Å². The second kappa shape index (κ2) is 13.9. The van der Waals surface area contributed by atoms with E-state index in [9.17, 15) is 0 Å². The molecule has 1 atom stereocenters. The van der Waals surface area contributed by atoms with Gasteiger partial charge in [0.2, 0.25) is 0 Å². The van der Waals surface area contributed by atoms with Crippen LogP contribution >= 0.6 is 0 Å². The van der Waals surface area contributed by atoms with E-state index >= 15 is 0 Å². The Balaban J connectivity index is 4.66. The summed E-state index contributed by atoms with van der Waals surface area (Å²) >= 11 is 0. The van der Waals surface area contributed by atoms with E-state index in [2.05, 4.69) is 81.3 Å². The first kappa shape index (κ1) is 31.3. The Kier molecular flexibility index (Phi) is 13.6. The molecule has 0 spiro atoms. The van der Waals surface area contributed by atoms with E-state index in [1.165, 1.54) is 6.21 Å². The molecule has 0 aliphatic rings. The van der Waals surface area contributed by atoms with Crippen molar-refractivity contribution in [2.75, 3.05) is 19.8 Å². The minimum Gasteiger partial charge on any atom is -0.411 e. The Morgan fingerprint density at radius 3 is 1.81 bits per heavy atom. The fourth-order valence-corrected chi connectivity index (χ4v) is 3.29. The molecular formula is C26H53NO5. The normalized spacial score (nSPS) is 15.1. The van der Waals surface area contributed by atoms with Crippen molar-refractivity contribution in [2.45, 2.75) is 137 Å². The molecule has 0 aromatic rings. The third-order valence-corrected chi connectivity index (χ3v) is 5.27. The maximum atomic E-state index is 8.55. The minimum atomic E-state index is -0.305. The summed E-state index contributed by atoms with van der Waals surface area (Å²) in [5, 5.41) is 11.6. The topological polar surface area (TPSA) is 69.5 Å². The van der Waals surface area contributed by atoms with Gasteiger partial charge in [-0.15, -0.1) is 5.16 Å². The molecule has 32 heavy (non-hydrogen) atoms. The lowest BCUT2D eigenvalue weighted by atomic mass is 10.0. The van der Waals surface area contributed by atoms with E-state index in [0.717, 1.165) is 25.7 Å². The molecule has 0 aromatic carbocycles. The van der Waals surface area contributed by atoms with Crippen LogP contribution in [0.5, 0.6) is 0 Å². The van der Waals surface area contributed by atoms with Crippen molar-refractivity contribution in [3.63, 3.8) is 0 Å². The zero-order chi connectivity index (χ0) is 25.1. The van der Waals surface area contributed by atoms with E-state index in [4.69, 9.17) is 24.2 Å². The summed E-state index contributed by atoms with van der Waals surface area (Å²) in [6.45, 7) is 25.1. The lowest BCUT2D eigenvalue weighted by Gasteiger charge is -2.35. The summed E-state index contributed by atoms with van der Waals surface area (Å²) in [4.78, 5) is 0. The predicted octanol–water partition coefficient (Wildman–Crippen LogP) is 6.62. The van der Waals surface area contributed by atoms with Crippen LogP contribution in [0.25, 0.3) is 0 Å². The first-order valence-electron chi connectivity index (χ1n) is 12.2. The predicted molar refractivity (Wildman–Crippen MR) is 133 cm³/mol. The van der Waals surface area contributed by atoms with E-state index in [-0.39, 0.29) is 28.5 Å². The van der Waals surface area contributed by atoms with E-state index < -0.39 is 0 Å². The lowest BCUT2D eigenvalue weighted by Crippen LogP contribution is -2.39. The molecule has 6 heteroatoms. The molecule has 0 aromatic heterocycles. The molecule has 0 saturated carbocycles. The van der Waals surface area contributed by atoms with E-state index in [0.29, 0.717) is 32.2 Å². The average molecular weight is 460 g/mol. The molecule has 0 aliphatic carbocycles. The van der Waals surface area contributed by atoms with Crippen LogP contribution in [0, 0.1) is 5.92 Å². The van der Waals surface area contributed by atoms with E-state index in [1.54, 1.807) is 0 Å². The van der Waals surface area contributed by atoms with Gasteiger partial charge in [-0.3, -0.25) is 0 Å². The number of hydrogen-bond acceptors (Lipinski definition) is 6. The molecule has 0 heterocycles. The Morgan fingerprint density at radius 2 is 1.28 bits per heavy atom. The van der Waals surface area contributed by atoms with Crippen molar-refractivity contribution >= 4 is 6.21 Å². The highest BCUT2D eigenvalue weighted by Gasteiger charge is 2.28. The zero-order valence-corrected chi connectivity index (χ0v) is 22.9. The first-order chi connectivity index (χ1) is 14.5. The van der Waals surface area contributed by atoms with Crippen LogP contribution in [0.3, 0.4) is 0 Å². The molecule has 0 radical (unpaired) electrons. The largest absolute Gasteiger partial charge is 0.411 e. The highest BCUT2D eigenvalue weighted by molar-refractivity contribution is 5.56. The molecule has 0 amide bonds. The van der Waals surface area contributed by atoms with Gasteiger partial charge in [0.25, 0.3) is 0 Å². The molecule has 1 N–H and O–H groups in total. The Bertz CT molecular complexity index is 521. The van der Waals surface area contributed by atoms with Crippen LogP contribution in [0.4, 0.5) is 0 Å². The first-order valence-corrected chi connectivity index (χ1v) is 12.2. The quantitative estimate of drug-likeness (QED) is 0.150. The van der Waals surface area contributed by atoms with Gasteiger partial charge in [0.15, 0.2) is 0 Å². The molecule has 1 unspecified atom stereocenters. The van der Waals surface area contributed by atoms with Gasteiger partial charge in [-0.1, -0.05) is 13.8 Å². The highest BCUT2D eigenvalue weighted by Crippen LogP contribution is 2.25. The SMILES string of the molecule is CC(C)CC(COC(C)(C)CCOC(C)(C)CCC=NO)OC(C)(C)CCOC(C)(C)C. The van der Waals surface area contributed by atoms with Crippen LogP contribution in [-0.2, 0) is 18.9 Å². The maximum Gasteiger partial charge on any atom is 0.0818 e. The van der Waals surface area contributed by atoms with Crippen molar-refractivity contribution in [1.29, 1.82) is 0 Å². The number of ether oxygens (including phenoxy) is 4. The lowest BCUT2D eigenvalue weighted by molar-refractivity contribution is -0.150. The van der Waals surface area contributed by atoms with Crippen molar-refractivity contribution in [2.24, 2.45) is 11.1 Å². The summed E-state index contributed by atoms with van der Waals surface area (Å²) in [6, 6.07) is 0. The van der Waals surface area contributed by atoms with Gasteiger partial charge < -0.3 is 24.2 Å². The molecule has 0 aliphatic heterocycles. The standard InChI is InChI=1S/C26H53NO5/c1-21(2)19-22(32-26(10,11)15-17-29-23(3,4)5)20-31-25(8,9)14-18-30-24(6,7)13-12-16-27-28/h16,21-22,28H,12-15,17-20H2,1-11H3. The second-order valence-corrected chi connectivity index (χ2v) is 12.1. The number of oxime groups is 1. The van der Waals surface area contributed by atoms with Gasteiger partial charge in [-0.05, 0) is 100 Å². The summed E-state index contributed by atoms with van der Waals surface area (Å²) < 4.78 is 24.8. The third-order valence-electron chi connectivity index (χ3n) is 5.27. The van der Waals surface area contributed by atoms with Crippen molar-refractivity contribution in [3.05, 3.63) is 0 Å². The Morgan fingerprint density at radius 1 is 0.750 bits per heavy atom. The van der Waals surface area contributed by atoms with Gasteiger partial charge in [0.1, 0.15) is 0 Å². The van der Waals surface area contributed by atoms with Crippen LogP contribution in [0.15, 0.2) is 5.16 Å². The monoisotopic (exact) mass is 459 g/mol. The number of rotatable bonds is 17. The molecular weight excluding hydrogens is 406 g/mol. The maximum absolute atomic E-state index is 8.55. The summed E-state index contributed by atoms with van der Waals surface area (Å²) in [6.07, 6.45) is 5.62. The third kappa shape index (κ3) is 17.8. The van der Waals surface area contributed by atoms with Crippen LogP contribution in [-0.4, -0.2) is 59.8 Å². The summed E-state index contributed by atoms with van der Waals surface area (Å²) in [5.41, 5.74) is -0.979. The van der Waals surface area contributed by atoms with Crippen molar-refractivity contribution in [3.8, 4) is 0 Å². The molecule has 0 bridgehead atoms. The van der Waals surface area contributed by atoms with Crippen LogP contribution in [0.2, 0.25) is 0 Å². The molecule has 192 valence electrons. The zero-order valence-electron chi connectivity index (χ0n) is 22.9. The minimum absolute atomic E-state index is 0.0361. The molecule has 6 nitrogen and oxygen atoms in total. The van der Waals surface area contributed by atoms with Crippen molar-refractivity contribution in [1.82, 2.24) is 0 Å². The Labute approximate surface area is 198 Å². The van der Waals surface area contributed by atoms with Crippen molar-refractivity contribution < 1.29 is 24.2 Å². The average Bonchev–Trinajstić information content (AvgIpc) is 2.57. The van der Waals surface area contributed by atoms with E-state index in [1.807, 2.05) is 0 Å².